The van der Waals surface area contributed by atoms with E-state index in [-0.39, 0.29) is 6.03 Å². The van der Waals surface area contributed by atoms with E-state index < -0.39 is 0 Å². The molecule has 0 unspecified atom stereocenters. The van der Waals surface area contributed by atoms with E-state index >= 15 is 0 Å². The number of para-hydroxylation sites is 1. The number of ether oxygens (including phenoxy) is 1. The van der Waals surface area contributed by atoms with Crippen molar-refractivity contribution >= 4 is 6.03 Å². The maximum atomic E-state index is 11.1. The molecule has 0 aromatic heterocycles. The number of likely N-dealkylation sites (N-methyl/N-ethyl adjacent to an activating group) is 1. The summed E-state index contributed by atoms with van der Waals surface area (Å²) in [4.78, 5) is 12.7. The van der Waals surface area contributed by atoms with Gasteiger partial charge < -0.3 is 9.64 Å². The minimum Gasteiger partial charge on any atom is -0.496 e. The molecule has 0 heterocycles. The Balaban J connectivity index is 2.57. The van der Waals surface area contributed by atoms with Gasteiger partial charge in [0.15, 0.2) is 0 Å². The second kappa shape index (κ2) is 5.97. The van der Waals surface area contributed by atoms with Crippen molar-refractivity contribution in [3.8, 4) is 5.75 Å². The summed E-state index contributed by atoms with van der Waals surface area (Å²) in [6, 6.07) is 7.44. The fourth-order valence-corrected chi connectivity index (χ4v) is 1.41. The molecule has 0 saturated carbocycles. The number of carbonyl (C=O) groups excluding carboxylic acids is 1. The molecule has 0 aliphatic rings. The predicted octanol–water partition coefficient (Wildman–Crippen LogP) is 0.753. The third-order valence-corrected chi connectivity index (χ3v) is 2.38. The summed E-state index contributed by atoms with van der Waals surface area (Å²) < 4.78 is 5.22. The second-order valence-corrected chi connectivity index (χ2v) is 3.43. The highest BCUT2D eigenvalue weighted by molar-refractivity contribution is 5.73. The number of hydrazine groups is 1. The molecule has 3 N–H and O–H groups in total. The first kappa shape index (κ1) is 12.3. The van der Waals surface area contributed by atoms with Gasteiger partial charge >= 0.3 is 6.03 Å². The topological polar surface area (TPSA) is 67.6 Å². The van der Waals surface area contributed by atoms with E-state index in [1.807, 2.05) is 24.3 Å². The number of carbonyl (C=O) groups is 1. The Morgan fingerprint density at radius 3 is 2.81 bits per heavy atom. The van der Waals surface area contributed by atoms with Gasteiger partial charge in [0.25, 0.3) is 0 Å². The SMILES string of the molecule is COc1ccccc1CCN(C)C(=O)NN. The molecule has 0 aliphatic carbocycles. The normalized spacial score (nSPS) is 9.69. The molecule has 0 aliphatic heterocycles. The molecule has 0 bridgehead atoms. The van der Waals surface area contributed by atoms with E-state index in [2.05, 4.69) is 5.43 Å². The molecule has 1 aromatic rings. The number of nitrogens with two attached hydrogens (primary N) is 1. The van der Waals surface area contributed by atoms with Crippen LogP contribution in [0.5, 0.6) is 5.75 Å². The summed E-state index contributed by atoms with van der Waals surface area (Å²) in [5.74, 6) is 5.87. The molecule has 16 heavy (non-hydrogen) atoms. The van der Waals surface area contributed by atoms with Crippen molar-refractivity contribution in [3.63, 3.8) is 0 Å². The van der Waals surface area contributed by atoms with Gasteiger partial charge in [-0.15, -0.1) is 0 Å². The Bertz CT molecular complexity index is 355. The first-order chi connectivity index (χ1) is 7.69. The maximum absolute atomic E-state index is 11.1. The molecular formula is C11H17N3O2. The minimum atomic E-state index is -0.296. The van der Waals surface area contributed by atoms with Crippen LogP contribution in [0.1, 0.15) is 5.56 Å². The van der Waals surface area contributed by atoms with Crippen molar-refractivity contribution in [2.45, 2.75) is 6.42 Å². The fourth-order valence-electron chi connectivity index (χ4n) is 1.41. The molecule has 2 amide bonds. The van der Waals surface area contributed by atoms with Gasteiger partial charge in [-0.2, -0.15) is 0 Å². The average Bonchev–Trinajstić information content (AvgIpc) is 2.35. The number of nitrogens with zero attached hydrogens (tertiary/aromatic N) is 1. The van der Waals surface area contributed by atoms with Crippen LogP contribution in [0.3, 0.4) is 0 Å². The van der Waals surface area contributed by atoms with Gasteiger partial charge in [0.05, 0.1) is 7.11 Å². The maximum Gasteiger partial charge on any atom is 0.331 e. The molecule has 0 fully saturated rings. The Morgan fingerprint density at radius 1 is 1.50 bits per heavy atom. The summed E-state index contributed by atoms with van der Waals surface area (Å²) >= 11 is 0. The van der Waals surface area contributed by atoms with E-state index in [1.165, 1.54) is 4.90 Å². The van der Waals surface area contributed by atoms with E-state index in [4.69, 9.17) is 10.6 Å². The Labute approximate surface area is 95.2 Å². The molecule has 0 radical (unpaired) electrons. The van der Waals surface area contributed by atoms with Crippen molar-refractivity contribution in [2.75, 3.05) is 20.7 Å². The minimum absolute atomic E-state index is 0.296. The third-order valence-electron chi connectivity index (χ3n) is 2.38. The molecule has 5 nitrogen and oxygen atoms in total. The zero-order chi connectivity index (χ0) is 12.0. The Hall–Kier alpha value is -1.75. The van der Waals surface area contributed by atoms with Crippen LogP contribution in [0.2, 0.25) is 0 Å². The van der Waals surface area contributed by atoms with Gasteiger partial charge in [-0.1, -0.05) is 18.2 Å². The average molecular weight is 223 g/mol. The van der Waals surface area contributed by atoms with Crippen LogP contribution in [0, 0.1) is 0 Å². The molecule has 1 aromatic carbocycles. The number of urea groups is 1. The summed E-state index contributed by atoms with van der Waals surface area (Å²) in [6.45, 7) is 0.587. The standard InChI is InChI=1S/C11H17N3O2/c1-14(11(15)13-12)8-7-9-5-3-4-6-10(9)16-2/h3-6H,7-8,12H2,1-2H3,(H,13,15). The van der Waals surface area contributed by atoms with Crippen LogP contribution in [0.25, 0.3) is 0 Å². The number of nitrogens with one attached hydrogen (secondary N) is 1. The van der Waals surface area contributed by atoms with E-state index in [0.29, 0.717) is 6.54 Å². The van der Waals surface area contributed by atoms with E-state index in [1.54, 1.807) is 14.2 Å². The highest BCUT2D eigenvalue weighted by Gasteiger charge is 2.07. The molecule has 0 saturated heterocycles. The van der Waals surface area contributed by atoms with E-state index in [0.717, 1.165) is 17.7 Å². The highest BCUT2D eigenvalue weighted by Crippen LogP contribution is 2.17. The smallest absolute Gasteiger partial charge is 0.331 e. The lowest BCUT2D eigenvalue weighted by Crippen LogP contribution is -2.41. The van der Waals surface area contributed by atoms with Crippen molar-refractivity contribution in [3.05, 3.63) is 29.8 Å². The first-order valence-electron chi connectivity index (χ1n) is 5.02. The van der Waals surface area contributed by atoms with Crippen molar-refractivity contribution in [1.29, 1.82) is 0 Å². The van der Waals surface area contributed by atoms with Gasteiger partial charge in [0.1, 0.15) is 5.75 Å². The molecule has 5 heteroatoms. The van der Waals surface area contributed by atoms with Crippen molar-refractivity contribution in [1.82, 2.24) is 10.3 Å². The van der Waals surface area contributed by atoms with Crippen LogP contribution in [-0.2, 0) is 6.42 Å². The van der Waals surface area contributed by atoms with Gasteiger partial charge in [0, 0.05) is 13.6 Å². The number of methoxy groups -OCH3 is 1. The van der Waals surface area contributed by atoms with Gasteiger partial charge in [-0.25, -0.2) is 10.6 Å². The monoisotopic (exact) mass is 223 g/mol. The summed E-state index contributed by atoms with van der Waals surface area (Å²) in [5.41, 5.74) is 3.16. The Kier molecular flexibility index (Phi) is 4.60. The predicted molar refractivity (Wildman–Crippen MR) is 62.0 cm³/mol. The van der Waals surface area contributed by atoms with Gasteiger partial charge in [-0.3, -0.25) is 5.43 Å². The van der Waals surface area contributed by atoms with Gasteiger partial charge in [0.2, 0.25) is 0 Å². The number of amides is 2. The molecule has 1 rings (SSSR count). The van der Waals surface area contributed by atoms with Gasteiger partial charge in [-0.05, 0) is 18.1 Å². The number of benzene rings is 1. The van der Waals surface area contributed by atoms with Crippen molar-refractivity contribution in [2.24, 2.45) is 5.84 Å². The third kappa shape index (κ3) is 3.13. The van der Waals surface area contributed by atoms with Crippen LogP contribution >= 0.6 is 0 Å². The summed E-state index contributed by atoms with van der Waals surface area (Å²) in [7, 11) is 3.33. The first-order valence-corrected chi connectivity index (χ1v) is 5.02. The number of hydrogen-bond donors (Lipinski definition) is 2. The number of rotatable bonds is 4. The molecule has 0 spiro atoms. The fraction of sp³-hybridized carbons (Fsp3) is 0.364. The molecule has 88 valence electrons. The van der Waals surface area contributed by atoms with E-state index in [9.17, 15) is 4.79 Å². The number of hydrogen-bond acceptors (Lipinski definition) is 3. The van der Waals surface area contributed by atoms with Crippen LogP contribution in [0.15, 0.2) is 24.3 Å². The van der Waals surface area contributed by atoms with Crippen molar-refractivity contribution < 1.29 is 9.53 Å². The zero-order valence-corrected chi connectivity index (χ0v) is 9.56. The largest absolute Gasteiger partial charge is 0.496 e. The quantitative estimate of drug-likeness (QED) is 0.449. The van der Waals surface area contributed by atoms with Crippen LogP contribution in [0.4, 0.5) is 4.79 Å². The lowest BCUT2D eigenvalue weighted by Gasteiger charge is -2.16. The van der Waals surface area contributed by atoms with Crippen LogP contribution < -0.4 is 16.0 Å². The lowest BCUT2D eigenvalue weighted by atomic mass is 10.1. The second-order valence-electron chi connectivity index (χ2n) is 3.43. The molecule has 0 atom stereocenters. The summed E-state index contributed by atoms with van der Waals surface area (Å²) in [5, 5.41) is 0. The highest BCUT2D eigenvalue weighted by atomic mass is 16.5. The Morgan fingerprint density at radius 2 is 2.19 bits per heavy atom. The van der Waals surface area contributed by atoms with Crippen LogP contribution in [-0.4, -0.2) is 31.6 Å². The summed E-state index contributed by atoms with van der Waals surface area (Å²) in [6.07, 6.45) is 0.730. The molecular weight excluding hydrogens is 206 g/mol. The lowest BCUT2D eigenvalue weighted by molar-refractivity contribution is 0.209. The zero-order valence-electron chi connectivity index (χ0n) is 9.56.